The Labute approximate surface area is 157 Å². The van der Waals surface area contributed by atoms with Crippen molar-refractivity contribution < 1.29 is 14.3 Å². The molecule has 5 nitrogen and oxygen atoms in total. The molecule has 1 aromatic carbocycles. The van der Waals surface area contributed by atoms with E-state index in [0.717, 1.165) is 12.8 Å². The van der Waals surface area contributed by atoms with Crippen LogP contribution in [0.25, 0.3) is 0 Å². The van der Waals surface area contributed by atoms with Gasteiger partial charge in [-0.1, -0.05) is 12.1 Å². The molecule has 2 fully saturated rings. The second kappa shape index (κ2) is 8.85. The molecule has 2 heterocycles. The van der Waals surface area contributed by atoms with Gasteiger partial charge in [0.25, 0.3) is 5.91 Å². The zero-order valence-electron chi connectivity index (χ0n) is 14.2. The van der Waals surface area contributed by atoms with Gasteiger partial charge in [-0.3, -0.25) is 9.59 Å². The molecule has 0 radical (unpaired) electrons. The standard InChI is InChI=1S/C18H24N2O3S2/c19-17(22)14-3-1-8-20(11-14)16(21)12-23-15-6-4-13(5-7-15)18-24-9-2-10-25-18/h4-7,14,18H,1-3,8-12H2,(H2,19,22)/t14-/m1/s1. The number of nitrogens with zero attached hydrogens (tertiary/aromatic N) is 1. The first kappa shape index (κ1) is 18.5. The molecule has 2 saturated heterocycles. The first-order chi connectivity index (χ1) is 12.1. The molecule has 2 amide bonds. The van der Waals surface area contributed by atoms with Crippen molar-refractivity contribution in [1.82, 2.24) is 4.90 Å². The zero-order chi connectivity index (χ0) is 17.6. The minimum Gasteiger partial charge on any atom is -0.484 e. The first-order valence-corrected chi connectivity index (χ1v) is 10.8. The number of piperidine rings is 1. The molecule has 0 bridgehead atoms. The van der Waals surface area contributed by atoms with Gasteiger partial charge in [0.2, 0.25) is 5.91 Å². The number of likely N-dealkylation sites (tertiary alicyclic amines) is 1. The summed E-state index contributed by atoms with van der Waals surface area (Å²) in [5.74, 6) is 2.48. The monoisotopic (exact) mass is 380 g/mol. The molecule has 7 heteroatoms. The maximum atomic E-state index is 12.3. The molecule has 0 aliphatic carbocycles. The van der Waals surface area contributed by atoms with Gasteiger partial charge in [-0.25, -0.2) is 0 Å². The van der Waals surface area contributed by atoms with Crippen LogP contribution in [-0.4, -0.2) is 47.9 Å². The number of primary amides is 1. The number of hydrogen-bond acceptors (Lipinski definition) is 5. The van der Waals surface area contributed by atoms with E-state index in [1.165, 1.54) is 23.5 Å². The van der Waals surface area contributed by atoms with E-state index in [-0.39, 0.29) is 24.3 Å². The number of ether oxygens (including phenoxy) is 1. The summed E-state index contributed by atoms with van der Waals surface area (Å²) < 4.78 is 6.14. The van der Waals surface area contributed by atoms with Crippen LogP contribution in [0, 0.1) is 5.92 Å². The highest BCUT2D eigenvalue weighted by Crippen LogP contribution is 2.43. The number of amides is 2. The van der Waals surface area contributed by atoms with E-state index >= 15 is 0 Å². The van der Waals surface area contributed by atoms with Crippen molar-refractivity contribution >= 4 is 35.3 Å². The zero-order valence-corrected chi connectivity index (χ0v) is 15.8. The van der Waals surface area contributed by atoms with Gasteiger partial charge in [0.1, 0.15) is 5.75 Å². The Balaban J connectivity index is 1.49. The number of benzene rings is 1. The molecule has 0 aromatic heterocycles. The number of carbonyl (C=O) groups excluding carboxylic acids is 2. The van der Waals surface area contributed by atoms with Crippen molar-refractivity contribution in [2.75, 3.05) is 31.2 Å². The van der Waals surface area contributed by atoms with Gasteiger partial charge in [0, 0.05) is 13.1 Å². The lowest BCUT2D eigenvalue weighted by Gasteiger charge is -2.31. The third kappa shape index (κ3) is 5.07. The smallest absolute Gasteiger partial charge is 0.260 e. The second-order valence-electron chi connectivity index (χ2n) is 6.37. The van der Waals surface area contributed by atoms with Crippen molar-refractivity contribution in [2.24, 2.45) is 11.7 Å². The fourth-order valence-electron chi connectivity index (χ4n) is 3.07. The molecule has 3 rings (SSSR count). The first-order valence-electron chi connectivity index (χ1n) is 8.66. The number of thioether (sulfide) groups is 2. The highest BCUT2D eigenvalue weighted by Gasteiger charge is 2.27. The molecule has 2 aliphatic heterocycles. The Morgan fingerprint density at radius 1 is 1.16 bits per heavy atom. The van der Waals surface area contributed by atoms with Crippen molar-refractivity contribution in [3.05, 3.63) is 29.8 Å². The van der Waals surface area contributed by atoms with Crippen LogP contribution < -0.4 is 10.5 Å². The summed E-state index contributed by atoms with van der Waals surface area (Å²) in [4.78, 5) is 25.3. The van der Waals surface area contributed by atoms with Crippen molar-refractivity contribution in [2.45, 2.75) is 23.8 Å². The lowest BCUT2D eigenvalue weighted by molar-refractivity contribution is -0.136. The Hall–Kier alpha value is -1.34. The quantitative estimate of drug-likeness (QED) is 0.850. The Morgan fingerprint density at radius 2 is 1.88 bits per heavy atom. The summed E-state index contributed by atoms with van der Waals surface area (Å²) in [6.07, 6.45) is 2.85. The van der Waals surface area contributed by atoms with Crippen LogP contribution in [0.3, 0.4) is 0 Å². The molecular formula is C18H24N2O3S2. The van der Waals surface area contributed by atoms with Gasteiger partial charge < -0.3 is 15.4 Å². The Kier molecular flexibility index (Phi) is 6.53. The predicted octanol–water partition coefficient (Wildman–Crippen LogP) is 2.66. The number of rotatable bonds is 5. The summed E-state index contributed by atoms with van der Waals surface area (Å²) in [7, 11) is 0. The van der Waals surface area contributed by atoms with Crippen LogP contribution in [-0.2, 0) is 9.59 Å². The van der Waals surface area contributed by atoms with Crippen LogP contribution in [0.1, 0.15) is 29.4 Å². The van der Waals surface area contributed by atoms with Gasteiger partial charge in [-0.05, 0) is 48.5 Å². The molecule has 136 valence electrons. The summed E-state index contributed by atoms with van der Waals surface area (Å²) >= 11 is 3.97. The highest BCUT2D eigenvalue weighted by molar-refractivity contribution is 8.16. The van der Waals surface area contributed by atoms with Gasteiger partial charge >= 0.3 is 0 Å². The topological polar surface area (TPSA) is 72.6 Å². The molecule has 25 heavy (non-hydrogen) atoms. The van der Waals surface area contributed by atoms with Gasteiger partial charge in [-0.2, -0.15) is 0 Å². The van der Waals surface area contributed by atoms with Crippen molar-refractivity contribution in [3.8, 4) is 5.75 Å². The number of hydrogen-bond donors (Lipinski definition) is 1. The normalized spacial score (nSPS) is 21.8. The fourth-order valence-corrected chi connectivity index (χ4v) is 5.97. The van der Waals surface area contributed by atoms with Crippen molar-refractivity contribution in [3.63, 3.8) is 0 Å². The van der Waals surface area contributed by atoms with Crippen molar-refractivity contribution in [1.29, 1.82) is 0 Å². The summed E-state index contributed by atoms with van der Waals surface area (Å²) in [5, 5.41) is 0. The highest BCUT2D eigenvalue weighted by atomic mass is 32.2. The maximum absolute atomic E-state index is 12.3. The van der Waals surface area contributed by atoms with E-state index in [1.54, 1.807) is 4.90 Å². The molecule has 1 atom stereocenters. The predicted molar refractivity (Wildman–Crippen MR) is 103 cm³/mol. The summed E-state index contributed by atoms with van der Waals surface area (Å²) in [6, 6.07) is 8.03. The Bertz CT molecular complexity index is 603. The maximum Gasteiger partial charge on any atom is 0.260 e. The molecule has 0 unspecified atom stereocenters. The third-order valence-electron chi connectivity index (χ3n) is 4.52. The van der Waals surface area contributed by atoms with E-state index in [4.69, 9.17) is 10.5 Å². The minimum atomic E-state index is -0.326. The molecule has 0 saturated carbocycles. The second-order valence-corrected chi connectivity index (χ2v) is 9.09. The summed E-state index contributed by atoms with van der Waals surface area (Å²) in [5.41, 5.74) is 6.66. The average molecular weight is 381 g/mol. The van der Waals surface area contributed by atoms with Gasteiger partial charge in [0.15, 0.2) is 6.61 Å². The van der Waals surface area contributed by atoms with Crippen LogP contribution in [0.4, 0.5) is 0 Å². The van der Waals surface area contributed by atoms with E-state index < -0.39 is 0 Å². The fraction of sp³-hybridized carbons (Fsp3) is 0.556. The lowest BCUT2D eigenvalue weighted by atomic mass is 9.97. The third-order valence-corrected chi connectivity index (χ3v) is 7.53. The van der Waals surface area contributed by atoms with E-state index in [1.807, 2.05) is 35.7 Å². The van der Waals surface area contributed by atoms with Crippen LogP contribution >= 0.6 is 23.5 Å². The van der Waals surface area contributed by atoms with Crippen LogP contribution in [0.2, 0.25) is 0 Å². The number of carbonyl (C=O) groups is 2. The number of nitrogens with two attached hydrogens (primary N) is 1. The molecular weight excluding hydrogens is 356 g/mol. The van der Waals surface area contributed by atoms with Crippen LogP contribution in [0.5, 0.6) is 5.75 Å². The minimum absolute atomic E-state index is 0.00223. The molecule has 1 aromatic rings. The average Bonchev–Trinajstić information content (AvgIpc) is 2.67. The molecule has 2 N–H and O–H groups in total. The van der Waals surface area contributed by atoms with Gasteiger partial charge in [-0.15, -0.1) is 23.5 Å². The SMILES string of the molecule is NC(=O)[C@@H]1CCCN(C(=O)COc2ccc(C3SCCCS3)cc2)C1. The largest absolute Gasteiger partial charge is 0.484 e. The molecule has 0 spiro atoms. The Morgan fingerprint density at radius 3 is 2.56 bits per heavy atom. The van der Waals surface area contributed by atoms with E-state index in [0.29, 0.717) is 23.4 Å². The van der Waals surface area contributed by atoms with Gasteiger partial charge in [0.05, 0.1) is 10.5 Å². The van der Waals surface area contributed by atoms with Crippen LogP contribution in [0.15, 0.2) is 24.3 Å². The summed E-state index contributed by atoms with van der Waals surface area (Å²) in [6.45, 7) is 1.07. The molecule has 2 aliphatic rings. The lowest BCUT2D eigenvalue weighted by Crippen LogP contribution is -2.45. The van der Waals surface area contributed by atoms with E-state index in [9.17, 15) is 9.59 Å². The van der Waals surface area contributed by atoms with E-state index in [2.05, 4.69) is 12.1 Å².